The molecule has 0 radical (unpaired) electrons. The lowest BCUT2D eigenvalue weighted by Gasteiger charge is -2.11. The highest BCUT2D eigenvalue weighted by molar-refractivity contribution is 7.93. The number of nitrogens with one attached hydrogen (secondary N) is 1. The molecule has 0 aliphatic heterocycles. The molecule has 0 amide bonds. The van der Waals surface area contributed by atoms with Crippen molar-refractivity contribution in [3.63, 3.8) is 0 Å². The predicted molar refractivity (Wildman–Crippen MR) is 72.5 cm³/mol. The second kappa shape index (κ2) is 5.66. The molecule has 0 saturated carbocycles. The first-order valence-corrected chi connectivity index (χ1v) is 7.97. The highest BCUT2D eigenvalue weighted by atomic mass is 32.2. The van der Waals surface area contributed by atoms with E-state index in [1.165, 1.54) is 17.5 Å². The van der Waals surface area contributed by atoms with Crippen molar-refractivity contribution in [3.8, 4) is 0 Å². The molecular weight excluding hydrogens is 327 g/mol. The van der Waals surface area contributed by atoms with E-state index < -0.39 is 28.4 Å². The average Bonchev–Trinajstić information content (AvgIpc) is 2.86. The monoisotopic (exact) mass is 337 g/mol. The molecule has 4 nitrogen and oxygen atoms in total. The number of halogens is 3. The van der Waals surface area contributed by atoms with Crippen LogP contribution in [0.3, 0.4) is 0 Å². The first kappa shape index (κ1) is 15.8. The van der Waals surface area contributed by atoms with Crippen LogP contribution in [0.25, 0.3) is 0 Å². The van der Waals surface area contributed by atoms with Gasteiger partial charge in [-0.1, -0.05) is 6.07 Å². The highest BCUT2D eigenvalue weighted by Gasteiger charge is 2.31. The molecule has 0 aliphatic carbocycles. The zero-order valence-corrected chi connectivity index (χ0v) is 12.0. The number of aliphatic hydroxyl groups excluding tert-OH is 1. The average molecular weight is 337 g/mol. The van der Waals surface area contributed by atoms with Gasteiger partial charge in [0.15, 0.2) is 0 Å². The van der Waals surface area contributed by atoms with E-state index in [4.69, 9.17) is 5.11 Å². The summed E-state index contributed by atoms with van der Waals surface area (Å²) in [5.41, 5.74) is -1.14. The third-order valence-electron chi connectivity index (χ3n) is 2.58. The summed E-state index contributed by atoms with van der Waals surface area (Å²) in [6, 6.07) is 5.18. The number of sulfonamides is 1. The first-order valence-electron chi connectivity index (χ1n) is 5.61. The zero-order valence-electron chi connectivity index (χ0n) is 10.4. The van der Waals surface area contributed by atoms with Crippen molar-refractivity contribution in [2.45, 2.75) is 17.7 Å². The van der Waals surface area contributed by atoms with Crippen LogP contribution in [0.1, 0.15) is 10.4 Å². The highest BCUT2D eigenvalue weighted by Crippen LogP contribution is 2.31. The first-order chi connectivity index (χ1) is 9.74. The SMILES string of the molecule is O=S(=O)(Nc1cccc(C(F)(F)F)c1)c1ccsc1CO. The maximum Gasteiger partial charge on any atom is 0.416 e. The molecule has 0 saturated heterocycles. The normalized spacial score (nSPS) is 12.4. The van der Waals surface area contributed by atoms with Crippen molar-refractivity contribution >= 4 is 27.0 Å². The smallest absolute Gasteiger partial charge is 0.391 e. The summed E-state index contributed by atoms with van der Waals surface area (Å²) >= 11 is 1.05. The number of alkyl halides is 3. The molecule has 0 unspecified atom stereocenters. The Morgan fingerprint density at radius 3 is 2.57 bits per heavy atom. The molecule has 0 spiro atoms. The van der Waals surface area contributed by atoms with Crippen molar-refractivity contribution in [2.24, 2.45) is 0 Å². The molecule has 1 aromatic heterocycles. The van der Waals surface area contributed by atoms with Gasteiger partial charge in [0.25, 0.3) is 10.0 Å². The van der Waals surface area contributed by atoms with E-state index >= 15 is 0 Å². The lowest BCUT2D eigenvalue weighted by molar-refractivity contribution is -0.137. The minimum Gasteiger partial charge on any atom is -0.391 e. The summed E-state index contributed by atoms with van der Waals surface area (Å²) in [5.74, 6) is 0. The second-order valence-corrected chi connectivity index (χ2v) is 6.70. The minimum absolute atomic E-state index is 0.146. The van der Waals surface area contributed by atoms with Gasteiger partial charge >= 0.3 is 6.18 Å². The van der Waals surface area contributed by atoms with E-state index in [2.05, 4.69) is 4.72 Å². The van der Waals surface area contributed by atoms with Crippen LogP contribution in [0.5, 0.6) is 0 Å². The number of anilines is 1. The van der Waals surface area contributed by atoms with Crippen LogP contribution in [0, 0.1) is 0 Å². The van der Waals surface area contributed by atoms with E-state index in [1.807, 2.05) is 0 Å². The quantitative estimate of drug-likeness (QED) is 0.901. The molecule has 1 heterocycles. The van der Waals surface area contributed by atoms with Crippen LogP contribution in [0.2, 0.25) is 0 Å². The van der Waals surface area contributed by atoms with Crippen molar-refractivity contribution in [2.75, 3.05) is 4.72 Å². The molecule has 2 aromatic rings. The van der Waals surface area contributed by atoms with Gasteiger partial charge in [-0.05, 0) is 29.6 Å². The minimum atomic E-state index is -4.56. The Balaban J connectivity index is 2.34. The van der Waals surface area contributed by atoms with E-state index in [0.29, 0.717) is 6.07 Å². The van der Waals surface area contributed by atoms with Crippen LogP contribution < -0.4 is 4.72 Å². The molecule has 2 rings (SSSR count). The maximum atomic E-state index is 12.6. The maximum absolute atomic E-state index is 12.6. The molecule has 2 N–H and O–H groups in total. The Hall–Kier alpha value is -1.58. The van der Waals surface area contributed by atoms with Gasteiger partial charge in [0.05, 0.1) is 17.0 Å². The lowest BCUT2D eigenvalue weighted by atomic mass is 10.2. The number of thiophene rings is 1. The van der Waals surface area contributed by atoms with Crippen molar-refractivity contribution in [3.05, 3.63) is 46.2 Å². The van der Waals surface area contributed by atoms with Gasteiger partial charge in [-0.2, -0.15) is 13.2 Å². The summed E-state index contributed by atoms with van der Waals surface area (Å²) in [4.78, 5) is 0.0712. The van der Waals surface area contributed by atoms with Crippen LogP contribution in [-0.4, -0.2) is 13.5 Å². The van der Waals surface area contributed by atoms with Crippen LogP contribution in [0.15, 0.2) is 40.6 Å². The van der Waals surface area contributed by atoms with Gasteiger partial charge in [0, 0.05) is 5.69 Å². The van der Waals surface area contributed by atoms with Gasteiger partial charge < -0.3 is 5.11 Å². The largest absolute Gasteiger partial charge is 0.416 e. The molecule has 21 heavy (non-hydrogen) atoms. The number of aliphatic hydroxyl groups is 1. The summed E-state index contributed by atoms with van der Waals surface area (Å²) < 4.78 is 64.0. The summed E-state index contributed by atoms with van der Waals surface area (Å²) in [5, 5.41) is 10.5. The van der Waals surface area contributed by atoms with Gasteiger partial charge in [0.2, 0.25) is 0 Å². The fraction of sp³-hybridized carbons (Fsp3) is 0.167. The third-order valence-corrected chi connectivity index (χ3v) is 5.08. The molecule has 0 aliphatic rings. The summed E-state index contributed by atoms with van der Waals surface area (Å²) in [6.07, 6.45) is -4.56. The molecule has 114 valence electrons. The lowest BCUT2D eigenvalue weighted by Crippen LogP contribution is -2.14. The number of rotatable bonds is 4. The van der Waals surface area contributed by atoms with Crippen LogP contribution in [-0.2, 0) is 22.8 Å². The van der Waals surface area contributed by atoms with Crippen molar-refractivity contribution in [1.82, 2.24) is 0 Å². The molecule has 1 aromatic carbocycles. The Labute approximate surface area is 122 Å². The molecule has 0 fully saturated rings. The number of hydrogen-bond acceptors (Lipinski definition) is 4. The van der Waals surface area contributed by atoms with E-state index in [9.17, 15) is 21.6 Å². The molecular formula is C12H10F3NO3S2. The molecule has 0 atom stereocenters. The van der Waals surface area contributed by atoms with Gasteiger partial charge in [-0.15, -0.1) is 11.3 Å². The van der Waals surface area contributed by atoms with Gasteiger partial charge in [0.1, 0.15) is 4.90 Å². The number of benzene rings is 1. The second-order valence-electron chi connectivity index (χ2n) is 4.05. The van der Waals surface area contributed by atoms with Crippen LogP contribution in [0.4, 0.5) is 18.9 Å². The predicted octanol–water partition coefficient (Wildman–Crippen LogP) is 3.06. The Morgan fingerprint density at radius 1 is 1.24 bits per heavy atom. The van der Waals surface area contributed by atoms with Crippen LogP contribution >= 0.6 is 11.3 Å². The summed E-state index contributed by atoms with van der Waals surface area (Å²) in [6.45, 7) is -0.462. The molecule has 9 heteroatoms. The topological polar surface area (TPSA) is 66.4 Å². The zero-order chi connectivity index (χ0) is 15.7. The third kappa shape index (κ3) is 3.55. The Kier molecular flexibility index (Phi) is 4.26. The summed E-state index contributed by atoms with van der Waals surface area (Å²) in [7, 11) is -4.04. The molecule has 0 bridgehead atoms. The fourth-order valence-electron chi connectivity index (χ4n) is 1.65. The van der Waals surface area contributed by atoms with Crippen molar-refractivity contribution < 1.29 is 26.7 Å². The van der Waals surface area contributed by atoms with Gasteiger partial charge in [-0.25, -0.2) is 8.42 Å². The van der Waals surface area contributed by atoms with E-state index in [1.54, 1.807) is 0 Å². The Morgan fingerprint density at radius 2 is 1.95 bits per heavy atom. The number of hydrogen-bond donors (Lipinski definition) is 2. The van der Waals surface area contributed by atoms with Gasteiger partial charge in [-0.3, -0.25) is 4.72 Å². The van der Waals surface area contributed by atoms with E-state index in [-0.39, 0.29) is 15.5 Å². The van der Waals surface area contributed by atoms with Crippen molar-refractivity contribution in [1.29, 1.82) is 0 Å². The van der Waals surface area contributed by atoms with E-state index in [0.717, 1.165) is 23.5 Å². The fourth-order valence-corrected chi connectivity index (χ4v) is 4.00. The Bertz CT molecular complexity index is 738. The standard InChI is InChI=1S/C12H10F3NO3S2/c13-12(14,15)8-2-1-3-9(6-8)16-21(18,19)11-4-5-20-10(11)7-17/h1-6,16-17H,7H2.